The second-order valence-corrected chi connectivity index (χ2v) is 11.4. The molecule has 1 aliphatic carbocycles. The standard InChI is InChI=1S/C12H15ClNO2.2C4H9.Sn/c13-8-5-6-12(16)10(7-8)14-9-3-1-2-4-11(9)15;2*1-3-4-2;/h5-7,9,11,14,16H,1-4H2;2*1,3-4H2,2H3;/q-1;;;+2/p-1. The van der Waals surface area contributed by atoms with Crippen LogP contribution in [0.15, 0.2) is 18.2 Å². The van der Waals surface area contributed by atoms with Crippen molar-refractivity contribution in [2.24, 2.45) is 0 Å². The van der Waals surface area contributed by atoms with E-state index in [0.29, 0.717) is 17.1 Å². The predicted octanol–water partition coefficient (Wildman–Crippen LogP) is 4.62. The van der Waals surface area contributed by atoms with Crippen molar-refractivity contribution in [1.29, 1.82) is 0 Å². The Morgan fingerprint density at radius 2 is 1.76 bits per heavy atom. The molecule has 5 heteroatoms. The van der Waals surface area contributed by atoms with Gasteiger partial charge in [0.2, 0.25) is 0 Å². The number of hydrogen-bond acceptors (Lipinski definition) is 3. The van der Waals surface area contributed by atoms with E-state index in [1.807, 2.05) is 0 Å². The maximum Gasteiger partial charge on any atom is 0.0426 e. The van der Waals surface area contributed by atoms with E-state index in [9.17, 15) is 10.2 Å². The van der Waals surface area contributed by atoms with Gasteiger partial charge in [0, 0.05) is 16.8 Å². The van der Waals surface area contributed by atoms with Gasteiger partial charge in [0.15, 0.2) is 0 Å². The van der Waals surface area contributed by atoms with E-state index in [1.165, 1.54) is 31.7 Å². The van der Waals surface area contributed by atoms with Crippen LogP contribution in [0.4, 0.5) is 5.69 Å². The van der Waals surface area contributed by atoms with Crippen molar-refractivity contribution in [3.8, 4) is 5.75 Å². The number of halogens is 1. The van der Waals surface area contributed by atoms with Crippen LogP contribution >= 0.6 is 11.6 Å². The minimum Gasteiger partial charge on any atom is -0.871 e. The fourth-order valence-corrected chi connectivity index (χ4v) is 7.14. The third kappa shape index (κ3) is 9.95. The minimum atomic E-state index is -0.618. The van der Waals surface area contributed by atoms with E-state index in [4.69, 9.17) is 11.6 Å². The monoisotopic (exact) mass is 473 g/mol. The third-order valence-electron chi connectivity index (χ3n) is 4.40. The molecule has 1 aliphatic rings. The molecule has 1 aromatic carbocycles. The van der Waals surface area contributed by atoms with E-state index in [-0.39, 0.29) is 32.9 Å². The van der Waals surface area contributed by atoms with Gasteiger partial charge >= 0.3 is 69.5 Å². The van der Waals surface area contributed by atoms with Crippen molar-refractivity contribution in [3.05, 3.63) is 23.2 Å². The van der Waals surface area contributed by atoms with Gasteiger partial charge in [-0.25, -0.2) is 0 Å². The van der Waals surface area contributed by atoms with Gasteiger partial charge in [-0.2, -0.15) is 0 Å². The summed E-state index contributed by atoms with van der Waals surface area (Å²) in [4.78, 5) is 0. The molecule has 1 fully saturated rings. The Labute approximate surface area is 168 Å². The van der Waals surface area contributed by atoms with Crippen LogP contribution in [0.2, 0.25) is 13.9 Å². The summed E-state index contributed by atoms with van der Waals surface area (Å²) in [6, 6.07) is 4.43. The summed E-state index contributed by atoms with van der Waals surface area (Å²) in [5.74, 6) is -0.109. The largest absolute Gasteiger partial charge is 0.871 e. The zero-order chi connectivity index (χ0) is 18.5. The van der Waals surface area contributed by atoms with Crippen LogP contribution in [-0.2, 0) is 0 Å². The molecular formula is C20H32ClNO2Sn. The van der Waals surface area contributed by atoms with Crippen molar-refractivity contribution in [3.63, 3.8) is 0 Å². The Kier molecular flexibility index (Phi) is 12.8. The molecular weight excluding hydrogens is 440 g/mol. The fourth-order valence-electron chi connectivity index (χ4n) is 2.81. The molecule has 0 saturated heterocycles. The maximum atomic E-state index is 11.7. The van der Waals surface area contributed by atoms with Crippen molar-refractivity contribution in [2.45, 2.75) is 86.2 Å². The van der Waals surface area contributed by atoms with E-state index < -0.39 is 6.10 Å². The maximum absolute atomic E-state index is 11.7. The normalized spacial score (nSPS) is 19.5. The molecule has 1 aromatic rings. The zero-order valence-electron chi connectivity index (χ0n) is 15.7. The summed E-state index contributed by atoms with van der Waals surface area (Å²) >= 11 is 5.96. The molecule has 0 heterocycles. The molecule has 2 unspecified atom stereocenters. The molecule has 1 N–H and O–H groups in total. The number of hydrogen-bond donors (Lipinski definition) is 1. The molecule has 0 aliphatic heterocycles. The summed E-state index contributed by atoms with van der Waals surface area (Å²) in [5.41, 5.74) is 0.445. The minimum absolute atomic E-state index is 0.109. The first-order valence-electron chi connectivity index (χ1n) is 9.68. The van der Waals surface area contributed by atoms with Crippen LogP contribution in [0.3, 0.4) is 0 Å². The first kappa shape index (κ1) is 22.9. The molecule has 140 valence electrons. The van der Waals surface area contributed by atoms with E-state index in [0.717, 1.165) is 19.3 Å². The van der Waals surface area contributed by atoms with Gasteiger partial charge in [-0.1, -0.05) is 42.7 Å². The fraction of sp³-hybridized carbons (Fsp3) is 0.700. The van der Waals surface area contributed by atoms with Gasteiger partial charge in [-0.3, -0.25) is 0 Å². The summed E-state index contributed by atoms with van der Waals surface area (Å²) < 4.78 is 3.25. The molecule has 0 bridgehead atoms. The van der Waals surface area contributed by atoms with Crippen LogP contribution in [0, 0.1) is 0 Å². The van der Waals surface area contributed by atoms with Crippen LogP contribution in [0.1, 0.15) is 65.2 Å². The Hall–Kier alpha value is -0.131. The van der Waals surface area contributed by atoms with Crippen molar-refractivity contribution in [1.82, 2.24) is 0 Å². The molecule has 0 aromatic heterocycles. The molecule has 2 atom stereocenters. The topological polar surface area (TPSA) is 58.1 Å². The Morgan fingerprint density at radius 3 is 2.36 bits per heavy atom. The van der Waals surface area contributed by atoms with Gasteiger partial charge in [0.25, 0.3) is 0 Å². The molecule has 25 heavy (non-hydrogen) atoms. The van der Waals surface area contributed by atoms with E-state index >= 15 is 0 Å². The first-order chi connectivity index (χ1) is 12.1. The average Bonchev–Trinajstić information content (AvgIpc) is 2.61. The SMILES string of the molecule is CCC[CH2][Sn+2][CH2]CCC.[O-]c1ccc(Cl)cc1NC1CCCCC1[O-]. The number of nitrogens with one attached hydrogen (secondary N) is 1. The Morgan fingerprint density at radius 1 is 1.12 bits per heavy atom. The Balaban J connectivity index is 0.000000299. The summed E-state index contributed by atoms with van der Waals surface area (Å²) in [7, 11) is 0. The summed E-state index contributed by atoms with van der Waals surface area (Å²) in [5, 5.41) is 26.8. The van der Waals surface area contributed by atoms with Crippen LogP contribution in [0.5, 0.6) is 5.75 Å². The quantitative estimate of drug-likeness (QED) is 0.444. The van der Waals surface area contributed by atoms with Crippen molar-refractivity contribution >= 4 is 38.4 Å². The molecule has 3 nitrogen and oxygen atoms in total. The van der Waals surface area contributed by atoms with Gasteiger partial charge in [0.1, 0.15) is 0 Å². The van der Waals surface area contributed by atoms with Crippen LogP contribution < -0.4 is 15.5 Å². The third-order valence-corrected chi connectivity index (χ3v) is 8.67. The van der Waals surface area contributed by atoms with E-state index in [1.54, 1.807) is 21.0 Å². The summed E-state index contributed by atoms with van der Waals surface area (Å²) in [6.45, 7) is 4.58. The predicted molar refractivity (Wildman–Crippen MR) is 106 cm³/mol. The van der Waals surface area contributed by atoms with Gasteiger partial charge < -0.3 is 15.5 Å². The van der Waals surface area contributed by atoms with Crippen molar-refractivity contribution in [2.75, 3.05) is 5.32 Å². The van der Waals surface area contributed by atoms with Crippen LogP contribution in [0.25, 0.3) is 0 Å². The zero-order valence-corrected chi connectivity index (χ0v) is 19.3. The van der Waals surface area contributed by atoms with Gasteiger partial charge in [-0.15, -0.1) is 6.10 Å². The van der Waals surface area contributed by atoms with Crippen LogP contribution in [-0.4, -0.2) is 33.3 Å². The molecule has 1 saturated carbocycles. The van der Waals surface area contributed by atoms with Gasteiger partial charge in [0.05, 0.1) is 0 Å². The summed E-state index contributed by atoms with van der Waals surface area (Å²) in [6.07, 6.45) is 8.78. The van der Waals surface area contributed by atoms with Crippen molar-refractivity contribution < 1.29 is 10.2 Å². The molecule has 2 rings (SSSR count). The first-order valence-corrected chi connectivity index (χ1v) is 14.1. The molecule has 0 spiro atoms. The smallest absolute Gasteiger partial charge is 0.0426 e. The Bertz CT molecular complexity index is 467. The second kappa shape index (κ2) is 14.0. The molecule has 0 amide bonds. The number of rotatable bonds is 8. The number of anilines is 1. The second-order valence-electron chi connectivity index (χ2n) is 6.67. The van der Waals surface area contributed by atoms with Gasteiger partial charge in [-0.05, 0) is 18.6 Å². The number of unbranched alkanes of at least 4 members (excludes halogenated alkanes) is 2. The molecule has 0 radical (unpaired) electrons. The van der Waals surface area contributed by atoms with E-state index in [2.05, 4.69) is 19.2 Å². The number of benzene rings is 1. The average molecular weight is 473 g/mol.